The van der Waals surface area contributed by atoms with Crippen molar-refractivity contribution in [1.29, 1.82) is 0 Å². The molecule has 0 fully saturated rings. The smallest absolute Gasteiger partial charge is 0.151 e. The van der Waals surface area contributed by atoms with E-state index in [0.717, 1.165) is 5.69 Å². The summed E-state index contributed by atoms with van der Waals surface area (Å²) in [5, 5.41) is 0.865. The van der Waals surface area contributed by atoms with Crippen LogP contribution >= 0.6 is 23.2 Å². The van der Waals surface area contributed by atoms with Gasteiger partial charge in [-0.2, -0.15) is 0 Å². The van der Waals surface area contributed by atoms with Crippen LogP contribution in [-0.4, -0.2) is 9.97 Å². The molecule has 2 nitrogen and oxygen atoms in total. The van der Waals surface area contributed by atoms with Gasteiger partial charge in [0.2, 0.25) is 0 Å². The molecule has 72 valence electrons. The Morgan fingerprint density at radius 2 is 1.54 bits per heavy atom. The molecule has 1 rings (SSSR count). The van der Waals surface area contributed by atoms with Crippen LogP contribution in [-0.2, 0) is 5.41 Å². The SMILES string of the molecule is Cc1nc(Cl)c(C(C)(C)C)nc1Cl. The molecule has 0 unspecified atom stereocenters. The van der Waals surface area contributed by atoms with Crippen LogP contribution in [0.1, 0.15) is 32.2 Å². The highest BCUT2D eigenvalue weighted by molar-refractivity contribution is 6.32. The lowest BCUT2D eigenvalue weighted by Crippen LogP contribution is -2.15. The fourth-order valence-corrected chi connectivity index (χ4v) is 1.53. The summed E-state index contributed by atoms with van der Waals surface area (Å²) in [5.74, 6) is 0. The molecule has 0 aliphatic heterocycles. The van der Waals surface area contributed by atoms with Gasteiger partial charge in [-0.15, -0.1) is 0 Å². The Morgan fingerprint density at radius 1 is 1.00 bits per heavy atom. The first kappa shape index (κ1) is 10.7. The standard InChI is InChI=1S/C9H12Cl2N2/c1-5-7(10)13-6(8(11)12-5)9(2,3)4/h1-4H3. The van der Waals surface area contributed by atoms with Gasteiger partial charge in [0, 0.05) is 5.41 Å². The molecule has 0 aliphatic carbocycles. The second kappa shape index (κ2) is 3.43. The van der Waals surface area contributed by atoms with Gasteiger partial charge in [-0.25, -0.2) is 9.97 Å². The van der Waals surface area contributed by atoms with E-state index in [0.29, 0.717) is 16.0 Å². The Hall–Kier alpha value is -0.340. The first-order valence-corrected chi connectivity index (χ1v) is 4.78. The summed E-state index contributed by atoms with van der Waals surface area (Å²) in [7, 11) is 0. The molecule has 0 aromatic carbocycles. The number of aromatic nitrogens is 2. The van der Waals surface area contributed by atoms with Crippen molar-refractivity contribution in [3.05, 3.63) is 21.7 Å². The predicted octanol–water partition coefficient (Wildman–Crippen LogP) is 3.39. The average molecular weight is 219 g/mol. The van der Waals surface area contributed by atoms with E-state index in [1.165, 1.54) is 0 Å². The summed E-state index contributed by atoms with van der Waals surface area (Å²) in [6, 6.07) is 0. The Kier molecular flexibility index (Phi) is 2.83. The summed E-state index contributed by atoms with van der Waals surface area (Å²) in [5.41, 5.74) is 1.28. The zero-order valence-corrected chi connectivity index (χ0v) is 9.66. The van der Waals surface area contributed by atoms with Gasteiger partial charge < -0.3 is 0 Å². The lowest BCUT2D eigenvalue weighted by atomic mass is 9.92. The molecule has 13 heavy (non-hydrogen) atoms. The predicted molar refractivity (Wildman–Crippen MR) is 55.5 cm³/mol. The van der Waals surface area contributed by atoms with Gasteiger partial charge in [-0.05, 0) is 6.92 Å². The number of aryl methyl sites for hydroxylation is 1. The molecule has 0 aliphatic rings. The topological polar surface area (TPSA) is 25.8 Å². The zero-order valence-electron chi connectivity index (χ0n) is 8.15. The molecule has 1 heterocycles. The number of rotatable bonds is 0. The van der Waals surface area contributed by atoms with E-state index < -0.39 is 0 Å². The second-order valence-corrected chi connectivity index (χ2v) is 4.71. The maximum Gasteiger partial charge on any atom is 0.151 e. The molecule has 4 heteroatoms. The van der Waals surface area contributed by atoms with Gasteiger partial charge in [0.25, 0.3) is 0 Å². The van der Waals surface area contributed by atoms with Crippen molar-refractivity contribution >= 4 is 23.2 Å². The fourth-order valence-electron chi connectivity index (χ4n) is 0.949. The molecule has 0 N–H and O–H groups in total. The van der Waals surface area contributed by atoms with Gasteiger partial charge in [-0.1, -0.05) is 44.0 Å². The molecule has 0 saturated carbocycles. The van der Waals surface area contributed by atoms with Crippen molar-refractivity contribution in [2.24, 2.45) is 0 Å². The first-order valence-electron chi connectivity index (χ1n) is 4.02. The Bertz CT molecular complexity index is 329. The van der Waals surface area contributed by atoms with Crippen LogP contribution < -0.4 is 0 Å². The van der Waals surface area contributed by atoms with Gasteiger partial charge >= 0.3 is 0 Å². The van der Waals surface area contributed by atoms with Crippen LogP contribution in [0.3, 0.4) is 0 Å². The van der Waals surface area contributed by atoms with E-state index >= 15 is 0 Å². The number of nitrogens with zero attached hydrogens (tertiary/aromatic N) is 2. The average Bonchev–Trinajstić information content (AvgIpc) is 1.94. The highest BCUT2D eigenvalue weighted by Crippen LogP contribution is 2.28. The highest BCUT2D eigenvalue weighted by Gasteiger charge is 2.21. The summed E-state index contributed by atoms with van der Waals surface area (Å²) in [6.07, 6.45) is 0. The van der Waals surface area contributed by atoms with Crippen molar-refractivity contribution in [2.75, 3.05) is 0 Å². The molecule has 0 amide bonds. The van der Waals surface area contributed by atoms with Crippen LogP contribution in [0.2, 0.25) is 10.3 Å². The van der Waals surface area contributed by atoms with Crippen molar-refractivity contribution in [3.8, 4) is 0 Å². The zero-order chi connectivity index (χ0) is 10.2. The molecule has 1 aromatic rings. The van der Waals surface area contributed by atoms with E-state index in [4.69, 9.17) is 23.2 Å². The summed E-state index contributed by atoms with van der Waals surface area (Å²) >= 11 is 11.8. The maximum atomic E-state index is 5.95. The number of hydrogen-bond donors (Lipinski definition) is 0. The van der Waals surface area contributed by atoms with E-state index in [1.54, 1.807) is 6.92 Å². The van der Waals surface area contributed by atoms with Crippen molar-refractivity contribution in [3.63, 3.8) is 0 Å². The van der Waals surface area contributed by atoms with E-state index in [-0.39, 0.29) is 5.41 Å². The van der Waals surface area contributed by atoms with Crippen molar-refractivity contribution < 1.29 is 0 Å². The molecular formula is C9H12Cl2N2. The quantitative estimate of drug-likeness (QED) is 0.668. The third kappa shape index (κ3) is 2.32. The minimum atomic E-state index is -0.124. The third-order valence-electron chi connectivity index (χ3n) is 1.68. The van der Waals surface area contributed by atoms with Gasteiger partial charge in [0.1, 0.15) is 0 Å². The third-order valence-corrected chi connectivity index (χ3v) is 2.30. The van der Waals surface area contributed by atoms with Crippen LogP contribution in [0, 0.1) is 6.92 Å². The minimum absolute atomic E-state index is 0.124. The summed E-state index contributed by atoms with van der Waals surface area (Å²) < 4.78 is 0. The summed E-state index contributed by atoms with van der Waals surface area (Å²) in [4.78, 5) is 8.33. The summed E-state index contributed by atoms with van der Waals surface area (Å²) in [6.45, 7) is 7.85. The normalized spacial score (nSPS) is 11.8. The van der Waals surface area contributed by atoms with Crippen LogP contribution in [0.4, 0.5) is 0 Å². The Labute approximate surface area is 88.3 Å². The molecular weight excluding hydrogens is 207 g/mol. The Morgan fingerprint density at radius 3 is 2.00 bits per heavy atom. The number of halogens is 2. The van der Waals surface area contributed by atoms with E-state index in [2.05, 4.69) is 9.97 Å². The monoisotopic (exact) mass is 218 g/mol. The lowest BCUT2D eigenvalue weighted by Gasteiger charge is -2.18. The van der Waals surface area contributed by atoms with Crippen LogP contribution in [0.15, 0.2) is 0 Å². The van der Waals surface area contributed by atoms with E-state index in [9.17, 15) is 0 Å². The van der Waals surface area contributed by atoms with Crippen molar-refractivity contribution in [1.82, 2.24) is 9.97 Å². The molecule has 0 saturated heterocycles. The van der Waals surface area contributed by atoms with E-state index in [1.807, 2.05) is 20.8 Å². The molecule has 0 radical (unpaired) electrons. The minimum Gasteiger partial charge on any atom is -0.236 e. The van der Waals surface area contributed by atoms with Gasteiger partial charge in [0.05, 0.1) is 11.4 Å². The van der Waals surface area contributed by atoms with Crippen LogP contribution in [0.5, 0.6) is 0 Å². The lowest BCUT2D eigenvalue weighted by molar-refractivity contribution is 0.565. The molecule has 0 bridgehead atoms. The van der Waals surface area contributed by atoms with Crippen LogP contribution in [0.25, 0.3) is 0 Å². The largest absolute Gasteiger partial charge is 0.236 e. The Balaban J connectivity index is 3.32. The molecule has 0 spiro atoms. The van der Waals surface area contributed by atoms with Gasteiger partial charge in [-0.3, -0.25) is 0 Å². The molecule has 0 atom stereocenters. The maximum absolute atomic E-state index is 5.95. The first-order chi connectivity index (χ1) is 5.82. The van der Waals surface area contributed by atoms with Gasteiger partial charge in [0.15, 0.2) is 10.3 Å². The molecule has 1 aromatic heterocycles. The fraction of sp³-hybridized carbons (Fsp3) is 0.556. The highest BCUT2D eigenvalue weighted by atomic mass is 35.5. The van der Waals surface area contributed by atoms with Crippen molar-refractivity contribution in [2.45, 2.75) is 33.1 Å². The number of hydrogen-bond acceptors (Lipinski definition) is 2. The second-order valence-electron chi connectivity index (χ2n) is 3.99.